The maximum Gasteiger partial charge on any atom is 0.502 e. The molecule has 0 saturated heterocycles. The van der Waals surface area contributed by atoms with Crippen molar-refractivity contribution in [3.63, 3.8) is 0 Å². The molecule has 17 heavy (non-hydrogen) atoms. The number of carbonyl (C=O) groups excluding carboxylic acids is 1. The van der Waals surface area contributed by atoms with Gasteiger partial charge in [0.25, 0.3) is 0 Å². The van der Waals surface area contributed by atoms with Crippen molar-refractivity contribution in [2.45, 2.75) is 13.0 Å². The molecule has 1 aromatic rings. The minimum Gasteiger partial charge on any atom is -0.459 e. The van der Waals surface area contributed by atoms with E-state index in [4.69, 9.17) is 0 Å². The van der Waals surface area contributed by atoms with Crippen LogP contribution in [-0.4, -0.2) is 18.7 Å². The average Bonchev–Trinajstić information content (AvgIpc) is 2.23. The zero-order valence-corrected chi connectivity index (χ0v) is 10.3. The molecule has 0 N–H and O–H groups in total. The van der Waals surface area contributed by atoms with Crippen LogP contribution < -0.4 is 4.74 Å². The first kappa shape index (κ1) is 13.8. The van der Waals surface area contributed by atoms with E-state index >= 15 is 0 Å². The predicted molar refractivity (Wildman–Crippen MR) is 56.3 cm³/mol. The van der Waals surface area contributed by atoms with E-state index in [0.717, 1.165) is 18.2 Å². The van der Waals surface area contributed by atoms with Gasteiger partial charge in [0.05, 0.1) is 11.1 Å². The van der Waals surface area contributed by atoms with Gasteiger partial charge in [-0.15, -0.1) is 0 Å². The van der Waals surface area contributed by atoms with Gasteiger partial charge in [0.15, 0.2) is 0 Å². The normalized spacial score (nSPS) is 11.1. The Morgan fingerprint density at radius 2 is 2.12 bits per heavy atom. The van der Waals surface area contributed by atoms with E-state index in [1.807, 2.05) is 0 Å². The van der Waals surface area contributed by atoms with Crippen molar-refractivity contribution in [2.75, 3.05) is 6.61 Å². The highest BCUT2D eigenvalue weighted by Gasteiger charge is 2.44. The lowest BCUT2D eigenvalue weighted by Crippen LogP contribution is -2.36. The molecule has 0 aliphatic carbocycles. The van der Waals surface area contributed by atoms with Crippen LogP contribution in [0.15, 0.2) is 22.7 Å². The van der Waals surface area contributed by atoms with E-state index in [2.05, 4.69) is 25.4 Å². The molecule has 0 aliphatic heterocycles. The Kier molecular flexibility index (Phi) is 4.39. The lowest BCUT2D eigenvalue weighted by atomic mass is 10.3. The van der Waals surface area contributed by atoms with Gasteiger partial charge in [-0.25, -0.2) is 9.18 Å². The Balaban J connectivity index is 2.82. The maximum absolute atomic E-state index is 13.1. The number of rotatable bonds is 4. The van der Waals surface area contributed by atoms with Crippen molar-refractivity contribution in [3.8, 4) is 5.75 Å². The number of halogens is 4. The minimum atomic E-state index is -4.10. The Bertz CT molecular complexity index is 423. The zero-order valence-electron chi connectivity index (χ0n) is 8.68. The number of benzene rings is 1. The van der Waals surface area contributed by atoms with Gasteiger partial charge in [-0.1, -0.05) is 0 Å². The molecule has 1 rings (SSSR count). The molecule has 94 valence electrons. The molecule has 0 unspecified atom stereocenters. The minimum absolute atomic E-state index is 0.0466. The van der Waals surface area contributed by atoms with Crippen LogP contribution in [0, 0.1) is 5.82 Å². The molecule has 0 atom stereocenters. The van der Waals surface area contributed by atoms with Crippen molar-refractivity contribution < 1.29 is 27.4 Å². The Morgan fingerprint density at radius 1 is 1.47 bits per heavy atom. The Morgan fingerprint density at radius 3 is 2.65 bits per heavy atom. The molecule has 0 aliphatic rings. The van der Waals surface area contributed by atoms with Crippen LogP contribution in [0.2, 0.25) is 0 Å². The summed E-state index contributed by atoms with van der Waals surface area (Å²) in [5.41, 5.74) is 0. The molecular weight excluding hydrogens is 305 g/mol. The second-order valence-electron chi connectivity index (χ2n) is 2.92. The van der Waals surface area contributed by atoms with E-state index in [0.29, 0.717) is 0 Å². The molecule has 0 aromatic heterocycles. The standard InChI is InChI=1S/C10H8BrF3O3/c1-2-16-9(15)10(13,14)17-6-3-4-8(12)7(11)5-6/h3-5H,2H2,1H3. The summed E-state index contributed by atoms with van der Waals surface area (Å²) >= 11 is 2.81. The first-order valence-electron chi connectivity index (χ1n) is 4.56. The fourth-order valence-electron chi connectivity index (χ4n) is 0.945. The quantitative estimate of drug-likeness (QED) is 0.801. The van der Waals surface area contributed by atoms with Crippen molar-refractivity contribution >= 4 is 21.9 Å². The molecule has 0 radical (unpaired) electrons. The summed E-state index contributed by atoms with van der Waals surface area (Å²) in [5, 5.41) is 0. The summed E-state index contributed by atoms with van der Waals surface area (Å²) in [5.74, 6) is -2.77. The van der Waals surface area contributed by atoms with Crippen LogP contribution >= 0.6 is 15.9 Å². The first-order chi connectivity index (χ1) is 7.86. The average molecular weight is 313 g/mol. The maximum atomic E-state index is 13.1. The highest BCUT2D eigenvalue weighted by Crippen LogP contribution is 2.27. The van der Waals surface area contributed by atoms with Gasteiger partial charge in [-0.2, -0.15) is 8.78 Å². The molecule has 0 spiro atoms. The lowest BCUT2D eigenvalue weighted by molar-refractivity contribution is -0.216. The molecular formula is C10H8BrF3O3. The molecule has 7 heteroatoms. The van der Waals surface area contributed by atoms with Crippen molar-refractivity contribution in [1.29, 1.82) is 0 Å². The summed E-state index contributed by atoms with van der Waals surface area (Å²) in [6.45, 7) is 1.20. The topological polar surface area (TPSA) is 35.5 Å². The van der Waals surface area contributed by atoms with Crippen LogP contribution in [0.5, 0.6) is 5.75 Å². The summed E-state index contributed by atoms with van der Waals surface area (Å²) in [6.07, 6.45) is -4.10. The fraction of sp³-hybridized carbons (Fsp3) is 0.300. The van der Waals surface area contributed by atoms with Gasteiger partial charge in [0.2, 0.25) is 0 Å². The van der Waals surface area contributed by atoms with Gasteiger partial charge in [0.1, 0.15) is 11.6 Å². The van der Waals surface area contributed by atoms with Crippen LogP contribution in [0.4, 0.5) is 13.2 Å². The SMILES string of the molecule is CCOC(=O)C(F)(F)Oc1ccc(F)c(Br)c1. The van der Waals surface area contributed by atoms with Gasteiger partial charge in [-0.3, -0.25) is 0 Å². The van der Waals surface area contributed by atoms with E-state index in [1.165, 1.54) is 6.92 Å². The van der Waals surface area contributed by atoms with Gasteiger partial charge >= 0.3 is 12.1 Å². The molecule has 0 heterocycles. The first-order valence-corrected chi connectivity index (χ1v) is 5.35. The van der Waals surface area contributed by atoms with Gasteiger partial charge in [0, 0.05) is 0 Å². The predicted octanol–water partition coefficient (Wildman–Crippen LogP) is 3.12. The Hall–Kier alpha value is -1.24. The molecule has 3 nitrogen and oxygen atoms in total. The molecule has 0 bridgehead atoms. The monoisotopic (exact) mass is 312 g/mol. The summed E-state index contributed by atoms with van der Waals surface area (Å²) in [7, 11) is 0. The number of esters is 1. The van der Waals surface area contributed by atoms with Gasteiger partial charge < -0.3 is 9.47 Å². The third-order valence-corrected chi connectivity index (χ3v) is 2.26. The van der Waals surface area contributed by atoms with Crippen molar-refractivity contribution in [1.82, 2.24) is 0 Å². The number of hydrogen-bond donors (Lipinski definition) is 0. The third kappa shape index (κ3) is 3.62. The highest BCUT2D eigenvalue weighted by molar-refractivity contribution is 9.10. The van der Waals surface area contributed by atoms with Crippen molar-refractivity contribution in [3.05, 3.63) is 28.5 Å². The number of ether oxygens (including phenoxy) is 2. The molecule has 0 saturated carbocycles. The lowest BCUT2D eigenvalue weighted by Gasteiger charge is -2.16. The van der Waals surface area contributed by atoms with E-state index in [1.54, 1.807) is 0 Å². The van der Waals surface area contributed by atoms with E-state index < -0.39 is 17.9 Å². The van der Waals surface area contributed by atoms with Crippen LogP contribution in [0.25, 0.3) is 0 Å². The smallest absolute Gasteiger partial charge is 0.459 e. The van der Waals surface area contributed by atoms with Gasteiger partial charge in [-0.05, 0) is 41.1 Å². The second kappa shape index (κ2) is 5.39. The summed E-state index contributed by atoms with van der Waals surface area (Å²) in [6, 6.07) is 2.90. The fourth-order valence-corrected chi connectivity index (χ4v) is 1.30. The van der Waals surface area contributed by atoms with Crippen molar-refractivity contribution in [2.24, 2.45) is 0 Å². The molecule has 1 aromatic carbocycles. The number of carbonyl (C=O) groups is 1. The molecule has 0 fully saturated rings. The number of alkyl halides is 2. The second-order valence-corrected chi connectivity index (χ2v) is 3.77. The van der Waals surface area contributed by atoms with E-state index in [9.17, 15) is 18.0 Å². The number of hydrogen-bond acceptors (Lipinski definition) is 3. The van der Waals surface area contributed by atoms with Crippen LogP contribution in [0.1, 0.15) is 6.92 Å². The van der Waals surface area contributed by atoms with Crippen LogP contribution in [-0.2, 0) is 9.53 Å². The summed E-state index contributed by atoms with van der Waals surface area (Å²) < 4.78 is 47.3. The van der Waals surface area contributed by atoms with Crippen LogP contribution in [0.3, 0.4) is 0 Å². The molecule has 0 amide bonds. The highest BCUT2D eigenvalue weighted by atomic mass is 79.9. The third-order valence-electron chi connectivity index (χ3n) is 1.65. The largest absolute Gasteiger partial charge is 0.502 e. The summed E-state index contributed by atoms with van der Waals surface area (Å²) in [4.78, 5) is 10.8. The van der Waals surface area contributed by atoms with E-state index in [-0.39, 0.29) is 16.8 Å². The Labute approximate surface area is 104 Å². The zero-order chi connectivity index (χ0) is 13.1.